The Labute approximate surface area is 138 Å². The van der Waals surface area contributed by atoms with Gasteiger partial charge in [0.2, 0.25) is 0 Å². The van der Waals surface area contributed by atoms with Crippen molar-refractivity contribution in [3.63, 3.8) is 0 Å². The van der Waals surface area contributed by atoms with E-state index in [0.29, 0.717) is 23.7 Å². The first-order valence-electron chi connectivity index (χ1n) is 9.32. The van der Waals surface area contributed by atoms with Crippen LogP contribution in [0.3, 0.4) is 0 Å². The molecule has 5 atom stereocenters. The average Bonchev–Trinajstić information content (AvgIpc) is 2.70. The van der Waals surface area contributed by atoms with Gasteiger partial charge in [-0.05, 0) is 31.2 Å². The van der Waals surface area contributed by atoms with E-state index >= 15 is 0 Å². The van der Waals surface area contributed by atoms with E-state index in [-0.39, 0.29) is 12.0 Å². The van der Waals surface area contributed by atoms with Crippen LogP contribution in [0.2, 0.25) is 0 Å². The molecule has 1 N–H and O–H groups in total. The van der Waals surface area contributed by atoms with Crippen molar-refractivity contribution in [2.75, 3.05) is 13.2 Å². The molecular formula is C20H27NO2. The highest BCUT2D eigenvalue weighted by Gasteiger charge is 2.70. The van der Waals surface area contributed by atoms with Gasteiger partial charge in [-0.1, -0.05) is 43.2 Å². The van der Waals surface area contributed by atoms with Gasteiger partial charge in [-0.25, -0.2) is 0 Å². The Hall–Kier alpha value is -0.900. The van der Waals surface area contributed by atoms with Crippen molar-refractivity contribution in [2.24, 2.45) is 10.8 Å². The molecule has 2 saturated carbocycles. The second kappa shape index (κ2) is 5.05. The molecular weight excluding hydrogens is 286 g/mol. The zero-order valence-electron chi connectivity index (χ0n) is 13.8. The Morgan fingerprint density at radius 1 is 1.13 bits per heavy atom. The topological polar surface area (TPSA) is 32.7 Å². The summed E-state index contributed by atoms with van der Waals surface area (Å²) in [6.45, 7) is 2.29. The second-order valence-corrected chi connectivity index (χ2v) is 8.39. The lowest BCUT2D eigenvalue weighted by molar-refractivity contribution is -0.157. The molecule has 3 nitrogen and oxygen atoms in total. The normalized spacial score (nSPS) is 45.2. The van der Waals surface area contributed by atoms with Crippen LogP contribution in [0.25, 0.3) is 0 Å². The minimum atomic E-state index is -0.0252. The van der Waals surface area contributed by atoms with Crippen molar-refractivity contribution < 1.29 is 9.84 Å². The molecule has 0 aromatic heterocycles. The maximum atomic E-state index is 10.3. The second-order valence-electron chi connectivity index (χ2n) is 8.39. The van der Waals surface area contributed by atoms with Crippen LogP contribution < -0.4 is 0 Å². The van der Waals surface area contributed by atoms with Gasteiger partial charge >= 0.3 is 0 Å². The smallest absolute Gasteiger partial charge is 0.0742 e. The maximum Gasteiger partial charge on any atom is 0.0742 e. The predicted octanol–water partition coefficient (Wildman–Crippen LogP) is 2.97. The Kier molecular flexibility index (Phi) is 3.17. The maximum absolute atomic E-state index is 10.3. The van der Waals surface area contributed by atoms with E-state index in [0.717, 1.165) is 19.5 Å². The molecule has 3 unspecified atom stereocenters. The molecule has 1 spiro atoms. The number of nitrogens with zero attached hydrogens (tertiary/aromatic N) is 1. The number of aliphatic hydroxyl groups excluding tert-OH is 1. The lowest BCUT2D eigenvalue weighted by Gasteiger charge is -2.60. The van der Waals surface area contributed by atoms with E-state index in [1.165, 1.54) is 37.7 Å². The van der Waals surface area contributed by atoms with Crippen molar-refractivity contribution in [3.8, 4) is 0 Å². The molecule has 3 heteroatoms. The number of benzene rings is 1. The highest BCUT2D eigenvalue weighted by molar-refractivity contribution is 5.22. The van der Waals surface area contributed by atoms with Crippen LogP contribution in [0.4, 0.5) is 0 Å². The van der Waals surface area contributed by atoms with Gasteiger partial charge in [-0.2, -0.15) is 0 Å². The molecule has 23 heavy (non-hydrogen) atoms. The minimum absolute atomic E-state index is 0.0252. The van der Waals surface area contributed by atoms with Crippen molar-refractivity contribution >= 4 is 0 Å². The Bertz CT molecular complexity index is 587. The van der Waals surface area contributed by atoms with Gasteiger partial charge in [0.05, 0.1) is 18.8 Å². The van der Waals surface area contributed by atoms with E-state index in [1.807, 2.05) is 0 Å². The predicted molar refractivity (Wildman–Crippen MR) is 89.0 cm³/mol. The first-order valence-corrected chi connectivity index (χ1v) is 9.32. The Morgan fingerprint density at radius 2 is 1.96 bits per heavy atom. The van der Waals surface area contributed by atoms with E-state index in [1.54, 1.807) is 0 Å². The first-order chi connectivity index (χ1) is 11.3. The number of rotatable bonds is 3. The molecule has 2 saturated heterocycles. The van der Waals surface area contributed by atoms with Gasteiger partial charge in [0, 0.05) is 30.0 Å². The highest BCUT2D eigenvalue weighted by Crippen LogP contribution is 2.64. The summed E-state index contributed by atoms with van der Waals surface area (Å²) >= 11 is 0. The highest BCUT2D eigenvalue weighted by atomic mass is 16.5. The minimum Gasteiger partial charge on any atom is -0.396 e. The van der Waals surface area contributed by atoms with Crippen LogP contribution >= 0.6 is 0 Å². The van der Waals surface area contributed by atoms with Gasteiger partial charge in [0.15, 0.2) is 0 Å². The van der Waals surface area contributed by atoms with E-state index in [4.69, 9.17) is 4.74 Å². The summed E-state index contributed by atoms with van der Waals surface area (Å²) in [5, 5.41) is 10.3. The summed E-state index contributed by atoms with van der Waals surface area (Å²) in [5.41, 5.74) is 1.68. The summed E-state index contributed by atoms with van der Waals surface area (Å²) < 4.78 is 6.63. The third-order valence-electron chi connectivity index (χ3n) is 7.23. The summed E-state index contributed by atoms with van der Waals surface area (Å²) in [4.78, 5) is 2.68. The van der Waals surface area contributed by atoms with Crippen LogP contribution in [0.15, 0.2) is 30.3 Å². The molecule has 2 aliphatic carbocycles. The monoisotopic (exact) mass is 313 g/mol. The van der Waals surface area contributed by atoms with Gasteiger partial charge in [0.1, 0.15) is 0 Å². The van der Waals surface area contributed by atoms with Crippen molar-refractivity contribution in [3.05, 3.63) is 35.9 Å². The first kappa shape index (κ1) is 14.4. The largest absolute Gasteiger partial charge is 0.396 e. The summed E-state index contributed by atoms with van der Waals surface area (Å²) in [6, 6.07) is 11.4. The number of aliphatic hydroxyl groups is 1. The van der Waals surface area contributed by atoms with Crippen LogP contribution in [0, 0.1) is 10.8 Å². The summed E-state index contributed by atoms with van der Waals surface area (Å²) in [6.07, 6.45) is 8.19. The summed E-state index contributed by atoms with van der Waals surface area (Å²) in [7, 11) is 0. The number of ether oxygens (including phenoxy) is 1. The Balaban J connectivity index is 1.55. The molecule has 124 valence electrons. The van der Waals surface area contributed by atoms with Crippen LogP contribution in [-0.4, -0.2) is 41.4 Å². The molecule has 2 aliphatic heterocycles. The Morgan fingerprint density at radius 3 is 2.78 bits per heavy atom. The lowest BCUT2D eigenvalue weighted by Crippen LogP contribution is -2.67. The third kappa shape index (κ3) is 1.87. The zero-order chi connectivity index (χ0) is 15.5. The fraction of sp³-hybridized carbons (Fsp3) is 0.700. The molecule has 4 fully saturated rings. The molecule has 0 radical (unpaired) electrons. The quantitative estimate of drug-likeness (QED) is 0.931. The van der Waals surface area contributed by atoms with Gasteiger partial charge in [0.25, 0.3) is 0 Å². The SMILES string of the molecule is OC[C@@]12CCC[C@@]34CCCC(OC13)C4N(Cc1ccccc1)C2. The number of piperidine rings is 1. The lowest BCUT2D eigenvalue weighted by atomic mass is 9.52. The molecule has 1 aromatic carbocycles. The van der Waals surface area contributed by atoms with E-state index < -0.39 is 0 Å². The van der Waals surface area contributed by atoms with Crippen LogP contribution in [-0.2, 0) is 11.3 Å². The fourth-order valence-corrected chi connectivity index (χ4v) is 6.55. The van der Waals surface area contributed by atoms with Gasteiger partial charge in [-0.15, -0.1) is 0 Å². The van der Waals surface area contributed by atoms with Gasteiger partial charge in [-0.3, -0.25) is 4.90 Å². The van der Waals surface area contributed by atoms with Crippen molar-refractivity contribution in [1.82, 2.24) is 4.90 Å². The number of likely N-dealkylation sites (tertiary alicyclic amines) is 1. The standard InChI is InChI=1S/C20H27NO2/c22-14-19-9-5-11-20-10-4-8-16(23-18(19)20)17(20)21(13-19)12-15-6-2-1-3-7-15/h1-3,6-7,16-18,22H,4-5,8-14H2/t16?,17?,18?,19-,20+/m0/s1. The molecule has 4 aliphatic rings. The van der Waals surface area contributed by atoms with Crippen LogP contribution in [0.5, 0.6) is 0 Å². The van der Waals surface area contributed by atoms with Crippen molar-refractivity contribution in [2.45, 2.75) is 63.3 Å². The number of hydrogen-bond acceptors (Lipinski definition) is 3. The van der Waals surface area contributed by atoms with Crippen molar-refractivity contribution in [1.29, 1.82) is 0 Å². The van der Waals surface area contributed by atoms with Crippen LogP contribution in [0.1, 0.15) is 44.1 Å². The molecule has 0 amide bonds. The molecule has 2 heterocycles. The van der Waals surface area contributed by atoms with E-state index in [9.17, 15) is 5.11 Å². The molecule has 5 bridgehead atoms. The fourth-order valence-electron chi connectivity index (χ4n) is 6.55. The van der Waals surface area contributed by atoms with E-state index in [2.05, 4.69) is 35.2 Å². The molecule has 5 rings (SSSR count). The van der Waals surface area contributed by atoms with Gasteiger partial charge < -0.3 is 9.84 Å². The number of hydrogen-bond donors (Lipinski definition) is 1. The summed E-state index contributed by atoms with van der Waals surface area (Å²) in [5.74, 6) is 0. The zero-order valence-corrected chi connectivity index (χ0v) is 13.8. The molecule has 1 aromatic rings. The third-order valence-corrected chi connectivity index (χ3v) is 7.23. The average molecular weight is 313 g/mol.